The molecule has 1 aliphatic heterocycles. The van der Waals surface area contributed by atoms with E-state index in [1.807, 2.05) is 42.5 Å². The second kappa shape index (κ2) is 11.5. The first-order valence-corrected chi connectivity index (χ1v) is 12.2. The average molecular weight is 530 g/mol. The third-order valence-corrected chi connectivity index (χ3v) is 6.49. The summed E-state index contributed by atoms with van der Waals surface area (Å²) in [6, 6.07) is 19.9. The van der Waals surface area contributed by atoms with Crippen molar-refractivity contribution in [2.45, 2.75) is 6.61 Å². The van der Waals surface area contributed by atoms with Gasteiger partial charge in [0.2, 0.25) is 0 Å². The highest BCUT2D eigenvalue weighted by atomic mass is 35.5. The van der Waals surface area contributed by atoms with Crippen molar-refractivity contribution in [1.82, 2.24) is 4.90 Å². The summed E-state index contributed by atoms with van der Waals surface area (Å²) >= 11 is 13.3. The van der Waals surface area contributed by atoms with Crippen LogP contribution in [0, 0.1) is 0 Å². The summed E-state index contributed by atoms with van der Waals surface area (Å²) in [5.74, 6) is 1.09. The summed E-state index contributed by atoms with van der Waals surface area (Å²) in [4.78, 5) is 26.7. The molecule has 3 aromatic rings. The third kappa shape index (κ3) is 6.31. The number of thioether (sulfide) groups is 1. The lowest BCUT2D eigenvalue weighted by Gasteiger charge is -2.14. The van der Waals surface area contributed by atoms with Crippen LogP contribution in [0.1, 0.15) is 11.1 Å². The van der Waals surface area contributed by atoms with E-state index in [2.05, 4.69) is 0 Å². The molecule has 1 saturated heterocycles. The van der Waals surface area contributed by atoms with Gasteiger partial charge in [-0.25, -0.2) is 0 Å². The topological polar surface area (TPSA) is 65.1 Å². The zero-order chi connectivity index (χ0) is 24.8. The van der Waals surface area contributed by atoms with Gasteiger partial charge in [0.25, 0.3) is 11.1 Å². The minimum Gasteiger partial charge on any atom is -0.493 e. The zero-order valence-corrected chi connectivity index (χ0v) is 21.0. The fraction of sp³-hybridized carbons (Fsp3) is 0.154. The molecule has 0 aliphatic carbocycles. The predicted octanol–water partition coefficient (Wildman–Crippen LogP) is 6.70. The second-order valence-corrected chi connectivity index (χ2v) is 9.28. The van der Waals surface area contributed by atoms with E-state index in [1.54, 1.807) is 30.3 Å². The maximum absolute atomic E-state index is 12.8. The smallest absolute Gasteiger partial charge is 0.293 e. The Morgan fingerprint density at radius 1 is 0.971 bits per heavy atom. The van der Waals surface area contributed by atoms with Gasteiger partial charge >= 0.3 is 0 Å². The number of carbonyl (C=O) groups excluding carboxylic acids is 2. The Labute approximate surface area is 217 Å². The van der Waals surface area contributed by atoms with Crippen molar-refractivity contribution >= 4 is 52.2 Å². The number of imide groups is 1. The molecule has 3 aromatic carbocycles. The van der Waals surface area contributed by atoms with Crippen LogP contribution in [0.4, 0.5) is 4.79 Å². The van der Waals surface area contributed by atoms with Crippen LogP contribution in [-0.2, 0) is 11.4 Å². The summed E-state index contributed by atoms with van der Waals surface area (Å²) < 4.78 is 16.9. The Balaban J connectivity index is 1.44. The lowest BCUT2D eigenvalue weighted by Crippen LogP contribution is -2.32. The fourth-order valence-corrected chi connectivity index (χ4v) is 4.58. The summed E-state index contributed by atoms with van der Waals surface area (Å²) in [7, 11) is 1.51. The maximum Gasteiger partial charge on any atom is 0.293 e. The second-order valence-electron chi connectivity index (χ2n) is 7.44. The van der Waals surface area contributed by atoms with Crippen molar-refractivity contribution in [3.05, 3.63) is 92.8 Å². The molecule has 1 fully saturated rings. The van der Waals surface area contributed by atoms with Gasteiger partial charge in [0.1, 0.15) is 19.0 Å². The molecule has 9 heteroatoms. The highest BCUT2D eigenvalue weighted by Gasteiger charge is 2.35. The van der Waals surface area contributed by atoms with Crippen LogP contribution in [0.25, 0.3) is 6.08 Å². The average Bonchev–Trinajstić information content (AvgIpc) is 3.12. The normalized spacial score (nSPS) is 14.5. The zero-order valence-electron chi connectivity index (χ0n) is 18.7. The molecule has 0 N–H and O–H groups in total. The molecule has 0 saturated carbocycles. The molecule has 180 valence electrons. The Bertz CT molecular complexity index is 1250. The molecule has 0 bridgehead atoms. The van der Waals surface area contributed by atoms with Gasteiger partial charge in [-0.2, -0.15) is 0 Å². The van der Waals surface area contributed by atoms with E-state index in [1.165, 1.54) is 12.0 Å². The molecule has 1 heterocycles. The van der Waals surface area contributed by atoms with Gasteiger partial charge < -0.3 is 14.2 Å². The first-order chi connectivity index (χ1) is 16.9. The molecule has 4 rings (SSSR count). The van der Waals surface area contributed by atoms with E-state index in [4.69, 9.17) is 37.4 Å². The molecule has 0 unspecified atom stereocenters. The Morgan fingerprint density at radius 2 is 1.71 bits per heavy atom. The SMILES string of the molecule is COc1cc(/C=C2\SC(=O)N(CCOc3ccccc3)C2=O)cc(Cl)c1OCc1ccc(Cl)cc1. The van der Waals surface area contributed by atoms with E-state index in [0.717, 1.165) is 17.3 Å². The molecule has 0 radical (unpaired) electrons. The number of amides is 2. The predicted molar refractivity (Wildman–Crippen MR) is 138 cm³/mol. The summed E-state index contributed by atoms with van der Waals surface area (Å²) in [5, 5.41) is 0.612. The third-order valence-electron chi connectivity index (χ3n) is 5.05. The van der Waals surface area contributed by atoms with E-state index in [0.29, 0.717) is 37.8 Å². The van der Waals surface area contributed by atoms with Gasteiger partial charge in [-0.1, -0.05) is 53.5 Å². The Kier molecular flexibility index (Phi) is 8.23. The van der Waals surface area contributed by atoms with Gasteiger partial charge in [0.05, 0.1) is 23.6 Å². The molecule has 0 spiro atoms. The highest BCUT2D eigenvalue weighted by Crippen LogP contribution is 2.39. The van der Waals surface area contributed by atoms with Gasteiger partial charge in [-0.3, -0.25) is 14.5 Å². The maximum atomic E-state index is 12.8. The van der Waals surface area contributed by atoms with Crippen molar-refractivity contribution in [2.24, 2.45) is 0 Å². The van der Waals surface area contributed by atoms with Gasteiger partial charge in [0.15, 0.2) is 11.5 Å². The lowest BCUT2D eigenvalue weighted by atomic mass is 10.1. The number of rotatable bonds is 9. The molecule has 1 aliphatic rings. The molecule has 6 nitrogen and oxygen atoms in total. The highest BCUT2D eigenvalue weighted by molar-refractivity contribution is 8.18. The number of carbonyl (C=O) groups is 2. The number of hydrogen-bond acceptors (Lipinski definition) is 6. The molecule has 35 heavy (non-hydrogen) atoms. The van der Waals surface area contributed by atoms with Crippen molar-refractivity contribution in [3.63, 3.8) is 0 Å². The molecule has 0 atom stereocenters. The fourth-order valence-electron chi connectivity index (χ4n) is 3.31. The quantitative estimate of drug-likeness (QED) is 0.287. The molecule has 0 aromatic heterocycles. The van der Waals surface area contributed by atoms with E-state index in [9.17, 15) is 9.59 Å². The van der Waals surface area contributed by atoms with Crippen molar-refractivity contribution in [2.75, 3.05) is 20.3 Å². The summed E-state index contributed by atoms with van der Waals surface area (Å²) in [5.41, 5.74) is 1.53. The van der Waals surface area contributed by atoms with Crippen LogP contribution >= 0.6 is 35.0 Å². The van der Waals surface area contributed by atoms with Crippen molar-refractivity contribution in [1.29, 1.82) is 0 Å². The number of nitrogens with zero attached hydrogens (tertiary/aromatic N) is 1. The largest absolute Gasteiger partial charge is 0.493 e. The van der Waals surface area contributed by atoms with Crippen LogP contribution in [0.15, 0.2) is 71.6 Å². The van der Waals surface area contributed by atoms with E-state index in [-0.39, 0.29) is 30.9 Å². The summed E-state index contributed by atoms with van der Waals surface area (Å²) in [6.45, 7) is 0.629. The number of methoxy groups -OCH3 is 1. The summed E-state index contributed by atoms with van der Waals surface area (Å²) in [6.07, 6.45) is 1.61. The Morgan fingerprint density at radius 3 is 2.43 bits per heavy atom. The van der Waals surface area contributed by atoms with Crippen molar-refractivity contribution in [3.8, 4) is 17.2 Å². The van der Waals surface area contributed by atoms with Crippen LogP contribution in [0.5, 0.6) is 17.2 Å². The minimum atomic E-state index is -0.380. The number of halogens is 2. The van der Waals surface area contributed by atoms with Crippen LogP contribution in [-0.4, -0.2) is 36.3 Å². The van der Waals surface area contributed by atoms with Crippen molar-refractivity contribution < 1.29 is 23.8 Å². The molecule has 2 amide bonds. The van der Waals surface area contributed by atoms with Gasteiger partial charge in [-0.15, -0.1) is 0 Å². The molecular weight excluding hydrogens is 509 g/mol. The first kappa shape index (κ1) is 25.0. The van der Waals surface area contributed by atoms with Crippen LogP contribution in [0.3, 0.4) is 0 Å². The van der Waals surface area contributed by atoms with Crippen LogP contribution in [0.2, 0.25) is 10.0 Å². The Hall–Kier alpha value is -3.13. The van der Waals surface area contributed by atoms with Gasteiger partial charge in [-0.05, 0) is 65.4 Å². The number of para-hydroxylation sites is 1. The van der Waals surface area contributed by atoms with E-state index >= 15 is 0 Å². The number of benzene rings is 3. The van der Waals surface area contributed by atoms with Gasteiger partial charge in [0, 0.05) is 5.02 Å². The molecular formula is C26H21Cl2NO5S. The minimum absolute atomic E-state index is 0.151. The standard InChI is InChI=1S/C26H21Cl2NO5S/c1-32-22-14-18(13-21(28)24(22)34-16-17-7-9-19(27)10-8-17)15-23-25(30)29(26(31)35-23)11-12-33-20-5-3-2-4-6-20/h2-10,13-15H,11-12,16H2,1H3/b23-15-. The first-order valence-electron chi connectivity index (χ1n) is 10.6. The lowest BCUT2D eigenvalue weighted by molar-refractivity contribution is -0.123. The van der Waals surface area contributed by atoms with Crippen LogP contribution < -0.4 is 14.2 Å². The number of hydrogen-bond donors (Lipinski definition) is 0. The monoisotopic (exact) mass is 529 g/mol. The van der Waals surface area contributed by atoms with E-state index < -0.39 is 0 Å². The number of ether oxygens (including phenoxy) is 3.